The average molecular weight is 445 g/mol. The molecule has 2 nitrogen and oxygen atoms in total. The van der Waals surface area contributed by atoms with Crippen LogP contribution in [-0.4, -0.2) is 9.61 Å². The number of rotatable bonds is 0. The number of benzene rings is 7. The lowest BCUT2D eigenvalue weighted by atomic mass is 9.88. The molecule has 0 N–H and O–H groups in total. The van der Waals surface area contributed by atoms with E-state index in [4.69, 9.17) is 5.10 Å². The van der Waals surface area contributed by atoms with Gasteiger partial charge < -0.3 is 0 Å². The van der Waals surface area contributed by atoms with Crippen LogP contribution < -0.4 is 0 Å². The Morgan fingerprint density at radius 1 is 0.457 bits per heavy atom. The van der Waals surface area contributed by atoms with Crippen molar-refractivity contribution in [2.45, 2.75) is 13.8 Å². The lowest BCUT2D eigenvalue weighted by molar-refractivity contribution is 1.04. The zero-order valence-electron chi connectivity index (χ0n) is 19.5. The molecule has 0 aliphatic rings. The first kappa shape index (κ1) is 18.0. The van der Waals surface area contributed by atoms with Crippen molar-refractivity contribution in [1.82, 2.24) is 9.61 Å². The fraction of sp³-hybridized carbons (Fsp3) is 0.0606. The first-order chi connectivity index (χ1) is 17.2. The molecule has 0 aliphatic carbocycles. The smallest absolute Gasteiger partial charge is 0.102 e. The number of aromatic nitrogens is 2. The Hall–Kier alpha value is -4.43. The van der Waals surface area contributed by atoms with Gasteiger partial charge in [-0.3, -0.25) is 0 Å². The van der Waals surface area contributed by atoms with E-state index in [9.17, 15) is 0 Å². The third-order valence-electron chi connectivity index (χ3n) is 8.50. The predicted molar refractivity (Wildman–Crippen MR) is 150 cm³/mol. The number of hydrogen-bond acceptors (Lipinski definition) is 1. The molecule has 35 heavy (non-hydrogen) atoms. The minimum atomic E-state index is 1.10. The highest BCUT2D eigenvalue weighted by Gasteiger charge is 2.22. The minimum absolute atomic E-state index is 1.10. The van der Waals surface area contributed by atoms with Gasteiger partial charge in [-0.2, -0.15) is 5.10 Å². The van der Waals surface area contributed by atoms with Crippen LogP contribution >= 0.6 is 0 Å². The second-order valence-corrected chi connectivity index (χ2v) is 10.0. The molecule has 2 heterocycles. The van der Waals surface area contributed by atoms with Crippen molar-refractivity contribution in [2.75, 3.05) is 0 Å². The summed E-state index contributed by atoms with van der Waals surface area (Å²) in [5.41, 5.74) is 6.20. The molecule has 9 aromatic rings. The van der Waals surface area contributed by atoms with Crippen molar-refractivity contribution in [3.8, 4) is 0 Å². The van der Waals surface area contributed by atoms with Gasteiger partial charge in [0.15, 0.2) is 0 Å². The molecule has 9 rings (SSSR count). The van der Waals surface area contributed by atoms with Gasteiger partial charge in [-0.1, -0.05) is 78.9 Å². The maximum Gasteiger partial charge on any atom is 0.102 e. The number of nitrogens with zero attached hydrogens (tertiary/aromatic N) is 2. The van der Waals surface area contributed by atoms with E-state index in [0.717, 1.165) is 5.52 Å². The van der Waals surface area contributed by atoms with Gasteiger partial charge in [0.05, 0.1) is 11.0 Å². The summed E-state index contributed by atoms with van der Waals surface area (Å²) in [4.78, 5) is 0. The first-order valence-electron chi connectivity index (χ1n) is 12.3. The maximum absolute atomic E-state index is 5.31. The Labute approximate surface area is 200 Å². The minimum Gasteiger partial charge on any atom is -0.231 e. The second kappa shape index (κ2) is 5.79. The molecule has 7 aromatic carbocycles. The summed E-state index contributed by atoms with van der Waals surface area (Å²) in [6.45, 7) is 4.51. The number of fused-ring (bicyclic) bond motifs is 6. The molecule has 0 radical (unpaired) electrons. The van der Waals surface area contributed by atoms with Gasteiger partial charge in [-0.15, -0.1) is 0 Å². The molecule has 0 aliphatic heterocycles. The Kier molecular flexibility index (Phi) is 2.97. The zero-order chi connectivity index (χ0) is 23.0. The van der Waals surface area contributed by atoms with Crippen molar-refractivity contribution in [2.24, 2.45) is 0 Å². The molecule has 0 bridgehead atoms. The van der Waals surface area contributed by atoms with Crippen LogP contribution in [0.3, 0.4) is 0 Å². The standard InChI is InChI=1S/C33H20N2/c1-17-19-7-3-5-9-23(19)24-15-16-28-30-25(13-11-21(17)29(24)30)27-14-12-22-18(2)20-8-4-6-10-26(20)32-31(22)33(27)35(28)34-32/h3-16H,1-2H3. The van der Waals surface area contributed by atoms with Crippen molar-refractivity contribution in [3.05, 3.63) is 96.1 Å². The Balaban J connectivity index is 1.64. The third-order valence-corrected chi connectivity index (χ3v) is 8.50. The summed E-state index contributed by atoms with van der Waals surface area (Å²) in [6, 6.07) is 31.4. The molecular weight excluding hydrogens is 424 g/mol. The largest absolute Gasteiger partial charge is 0.231 e. The summed E-state index contributed by atoms with van der Waals surface area (Å²) < 4.78 is 2.23. The van der Waals surface area contributed by atoms with E-state index < -0.39 is 0 Å². The van der Waals surface area contributed by atoms with Crippen molar-refractivity contribution in [3.63, 3.8) is 0 Å². The molecule has 0 saturated heterocycles. The number of pyridine rings is 1. The van der Waals surface area contributed by atoms with Crippen LogP contribution in [0.25, 0.3) is 81.2 Å². The second-order valence-electron chi connectivity index (χ2n) is 10.0. The normalized spacial score (nSPS) is 12.9. The van der Waals surface area contributed by atoms with E-state index in [1.54, 1.807) is 0 Å². The lowest BCUT2D eigenvalue weighted by Gasteiger charge is -2.18. The van der Waals surface area contributed by atoms with E-state index in [0.29, 0.717) is 0 Å². The van der Waals surface area contributed by atoms with Crippen LogP contribution in [0.4, 0.5) is 0 Å². The highest BCUT2D eigenvalue weighted by atomic mass is 15.2. The topological polar surface area (TPSA) is 17.3 Å². The molecule has 0 atom stereocenters. The van der Waals surface area contributed by atoms with Gasteiger partial charge in [0.1, 0.15) is 5.52 Å². The summed E-state index contributed by atoms with van der Waals surface area (Å²) in [5.74, 6) is 0. The molecule has 0 saturated carbocycles. The predicted octanol–water partition coefficient (Wildman–Crippen LogP) is 8.90. The Morgan fingerprint density at radius 3 is 1.77 bits per heavy atom. The number of aryl methyl sites for hydroxylation is 2. The molecule has 0 spiro atoms. The molecule has 0 unspecified atom stereocenters. The van der Waals surface area contributed by atoms with Crippen LogP contribution in [0, 0.1) is 13.8 Å². The molecule has 2 heteroatoms. The van der Waals surface area contributed by atoms with Crippen molar-refractivity contribution in [1.29, 1.82) is 0 Å². The van der Waals surface area contributed by atoms with E-state index >= 15 is 0 Å². The molecular formula is C33H20N2. The quantitative estimate of drug-likeness (QED) is 0.169. The van der Waals surface area contributed by atoms with Crippen LogP contribution in [0.5, 0.6) is 0 Å². The Bertz CT molecular complexity index is 2340. The fourth-order valence-corrected chi connectivity index (χ4v) is 6.91. The van der Waals surface area contributed by atoms with Gasteiger partial charge in [-0.25, -0.2) is 4.52 Å². The van der Waals surface area contributed by atoms with Crippen LogP contribution in [0.15, 0.2) is 84.9 Å². The lowest BCUT2D eigenvalue weighted by Crippen LogP contribution is -1.96. The van der Waals surface area contributed by atoms with Crippen LogP contribution in [0.1, 0.15) is 11.1 Å². The molecule has 0 fully saturated rings. The first-order valence-corrected chi connectivity index (χ1v) is 12.3. The van der Waals surface area contributed by atoms with Crippen LogP contribution in [0.2, 0.25) is 0 Å². The number of hydrogen-bond donors (Lipinski definition) is 0. The molecule has 0 amide bonds. The van der Waals surface area contributed by atoms with Gasteiger partial charge >= 0.3 is 0 Å². The summed E-state index contributed by atoms with van der Waals surface area (Å²) in [6.07, 6.45) is 0. The van der Waals surface area contributed by atoms with E-state index in [1.807, 2.05) is 0 Å². The maximum atomic E-state index is 5.31. The van der Waals surface area contributed by atoms with E-state index in [2.05, 4.69) is 103 Å². The van der Waals surface area contributed by atoms with Gasteiger partial charge in [0.25, 0.3) is 0 Å². The summed E-state index contributed by atoms with van der Waals surface area (Å²) in [7, 11) is 0. The van der Waals surface area contributed by atoms with Crippen molar-refractivity contribution >= 4 is 81.2 Å². The van der Waals surface area contributed by atoms with Gasteiger partial charge in [-0.05, 0) is 74.1 Å². The molecule has 2 aromatic heterocycles. The SMILES string of the molecule is Cc1c2ccccc2c2ccc3c4c(ccc1c24)c1ccc2c(C)c4ccccc4c4nn3c1c24. The summed E-state index contributed by atoms with van der Waals surface area (Å²) in [5, 5.41) is 21.0. The monoisotopic (exact) mass is 444 g/mol. The highest BCUT2D eigenvalue weighted by Crippen LogP contribution is 2.46. The van der Waals surface area contributed by atoms with E-state index in [1.165, 1.54) is 86.8 Å². The van der Waals surface area contributed by atoms with Crippen LogP contribution in [-0.2, 0) is 0 Å². The average Bonchev–Trinajstić information content (AvgIpc) is 3.31. The summed E-state index contributed by atoms with van der Waals surface area (Å²) >= 11 is 0. The zero-order valence-corrected chi connectivity index (χ0v) is 19.5. The fourth-order valence-electron chi connectivity index (χ4n) is 6.91. The van der Waals surface area contributed by atoms with Crippen molar-refractivity contribution < 1.29 is 0 Å². The van der Waals surface area contributed by atoms with Gasteiger partial charge in [0.2, 0.25) is 0 Å². The molecule has 162 valence electrons. The van der Waals surface area contributed by atoms with E-state index in [-0.39, 0.29) is 0 Å². The Morgan fingerprint density at radius 2 is 1.00 bits per heavy atom. The highest BCUT2D eigenvalue weighted by molar-refractivity contribution is 6.35. The van der Waals surface area contributed by atoms with Gasteiger partial charge in [0, 0.05) is 21.5 Å². The third kappa shape index (κ3) is 1.91.